The van der Waals surface area contributed by atoms with Gasteiger partial charge in [-0.3, -0.25) is 16.3 Å². The van der Waals surface area contributed by atoms with Crippen LogP contribution in [0.1, 0.15) is 17.3 Å². The number of hydrogen-bond donors (Lipinski definition) is 2. The van der Waals surface area contributed by atoms with Crippen LogP contribution in [0, 0.1) is 0 Å². The number of methoxy groups -OCH3 is 1. The minimum atomic E-state index is -0.108. The van der Waals surface area contributed by atoms with E-state index in [1.54, 1.807) is 19.4 Å². The lowest BCUT2D eigenvalue weighted by molar-refractivity contribution is 0.398. The largest absolute Gasteiger partial charge is 0.496 e. The summed E-state index contributed by atoms with van der Waals surface area (Å²) in [5, 5.41) is 0.650. The van der Waals surface area contributed by atoms with E-state index >= 15 is 0 Å². The van der Waals surface area contributed by atoms with E-state index in [1.165, 1.54) is 0 Å². The molecule has 5 heteroatoms. The number of rotatable bonds is 5. The number of pyridine rings is 1. The molecular formula is C14H16ClN3O. The van der Waals surface area contributed by atoms with Gasteiger partial charge in [0.25, 0.3) is 0 Å². The number of hydrazine groups is 1. The molecule has 3 N–H and O–H groups in total. The van der Waals surface area contributed by atoms with Gasteiger partial charge < -0.3 is 4.74 Å². The average molecular weight is 278 g/mol. The van der Waals surface area contributed by atoms with Gasteiger partial charge in [-0.2, -0.15) is 0 Å². The molecule has 0 aliphatic carbocycles. The molecule has 0 aliphatic rings. The third kappa shape index (κ3) is 3.44. The van der Waals surface area contributed by atoms with E-state index in [1.807, 2.05) is 30.3 Å². The Morgan fingerprint density at radius 1 is 1.37 bits per heavy atom. The summed E-state index contributed by atoms with van der Waals surface area (Å²) in [6.45, 7) is 0. The van der Waals surface area contributed by atoms with E-state index in [2.05, 4.69) is 10.4 Å². The number of halogens is 1. The number of aromatic nitrogens is 1. The molecule has 0 aliphatic heterocycles. The number of ether oxygens (including phenoxy) is 1. The van der Waals surface area contributed by atoms with Crippen LogP contribution in [-0.4, -0.2) is 12.1 Å². The molecule has 2 aromatic rings. The molecule has 0 radical (unpaired) electrons. The Hall–Kier alpha value is -1.62. The molecule has 0 amide bonds. The van der Waals surface area contributed by atoms with Crippen molar-refractivity contribution < 1.29 is 4.74 Å². The van der Waals surface area contributed by atoms with Crippen molar-refractivity contribution in [3.05, 3.63) is 58.9 Å². The molecule has 1 heterocycles. The number of nitrogens with zero attached hydrogens (tertiary/aromatic N) is 1. The third-order valence-corrected chi connectivity index (χ3v) is 3.14. The fourth-order valence-corrected chi connectivity index (χ4v) is 2.14. The van der Waals surface area contributed by atoms with Crippen LogP contribution in [0.2, 0.25) is 5.02 Å². The Morgan fingerprint density at radius 2 is 2.21 bits per heavy atom. The molecule has 19 heavy (non-hydrogen) atoms. The fraction of sp³-hybridized carbons (Fsp3) is 0.214. The number of benzene rings is 1. The standard InChI is InChI=1S/C14H16ClN3O/c1-19-14-6-5-10(15)8-12(14)13(18-16)9-11-4-2-3-7-17-11/h2-8,13,18H,9,16H2,1H3. The van der Waals surface area contributed by atoms with Crippen molar-refractivity contribution in [1.29, 1.82) is 0 Å². The van der Waals surface area contributed by atoms with Gasteiger partial charge in [0.1, 0.15) is 5.75 Å². The van der Waals surface area contributed by atoms with Gasteiger partial charge >= 0.3 is 0 Å². The van der Waals surface area contributed by atoms with Crippen LogP contribution in [0.4, 0.5) is 0 Å². The van der Waals surface area contributed by atoms with Gasteiger partial charge in [-0.15, -0.1) is 0 Å². The normalized spacial score (nSPS) is 12.2. The van der Waals surface area contributed by atoms with Crippen molar-refractivity contribution in [2.45, 2.75) is 12.5 Å². The maximum atomic E-state index is 6.04. The predicted molar refractivity (Wildman–Crippen MR) is 76.0 cm³/mol. The predicted octanol–water partition coefficient (Wildman–Crippen LogP) is 2.49. The topological polar surface area (TPSA) is 60.2 Å². The highest BCUT2D eigenvalue weighted by molar-refractivity contribution is 6.30. The second-order valence-electron chi connectivity index (χ2n) is 4.13. The summed E-state index contributed by atoms with van der Waals surface area (Å²) in [7, 11) is 1.63. The first-order chi connectivity index (χ1) is 9.24. The lowest BCUT2D eigenvalue weighted by Gasteiger charge is -2.19. The SMILES string of the molecule is COc1ccc(Cl)cc1C(Cc1ccccn1)NN. The lowest BCUT2D eigenvalue weighted by atomic mass is 10.0. The van der Waals surface area contributed by atoms with Crippen LogP contribution >= 0.6 is 11.6 Å². The molecule has 0 saturated carbocycles. The van der Waals surface area contributed by atoms with Crippen LogP contribution in [0.3, 0.4) is 0 Å². The van der Waals surface area contributed by atoms with Crippen LogP contribution in [-0.2, 0) is 6.42 Å². The van der Waals surface area contributed by atoms with Crippen LogP contribution in [0.25, 0.3) is 0 Å². The Kier molecular flexibility index (Phi) is 4.74. The zero-order valence-corrected chi connectivity index (χ0v) is 11.4. The smallest absolute Gasteiger partial charge is 0.123 e. The lowest BCUT2D eigenvalue weighted by Crippen LogP contribution is -2.30. The van der Waals surface area contributed by atoms with E-state index in [4.69, 9.17) is 22.2 Å². The third-order valence-electron chi connectivity index (χ3n) is 2.91. The summed E-state index contributed by atoms with van der Waals surface area (Å²) in [4.78, 5) is 4.30. The molecule has 4 nitrogen and oxygen atoms in total. The van der Waals surface area contributed by atoms with Gasteiger partial charge in [-0.1, -0.05) is 17.7 Å². The molecule has 1 unspecified atom stereocenters. The molecule has 1 aromatic heterocycles. The maximum absolute atomic E-state index is 6.04. The summed E-state index contributed by atoms with van der Waals surface area (Å²) in [6, 6.07) is 11.2. The quantitative estimate of drug-likeness (QED) is 0.651. The second kappa shape index (κ2) is 6.52. The van der Waals surface area contributed by atoms with E-state index in [0.717, 1.165) is 17.0 Å². The van der Waals surface area contributed by atoms with E-state index in [9.17, 15) is 0 Å². The van der Waals surface area contributed by atoms with Crippen molar-refractivity contribution in [3.63, 3.8) is 0 Å². The summed E-state index contributed by atoms with van der Waals surface area (Å²) < 4.78 is 5.35. The summed E-state index contributed by atoms with van der Waals surface area (Å²) in [5.74, 6) is 6.40. The highest BCUT2D eigenvalue weighted by Gasteiger charge is 2.16. The summed E-state index contributed by atoms with van der Waals surface area (Å²) in [6.07, 6.45) is 2.42. The molecule has 1 aromatic carbocycles. The highest BCUT2D eigenvalue weighted by Crippen LogP contribution is 2.29. The molecule has 0 fully saturated rings. The number of nitrogens with one attached hydrogen (secondary N) is 1. The van der Waals surface area contributed by atoms with Crippen LogP contribution in [0.15, 0.2) is 42.6 Å². The van der Waals surface area contributed by atoms with Crippen molar-refractivity contribution in [1.82, 2.24) is 10.4 Å². The molecule has 0 saturated heterocycles. The van der Waals surface area contributed by atoms with Crippen LogP contribution in [0.5, 0.6) is 5.75 Å². The zero-order valence-electron chi connectivity index (χ0n) is 10.6. The number of hydrogen-bond acceptors (Lipinski definition) is 4. The molecule has 2 rings (SSSR count). The average Bonchev–Trinajstić information content (AvgIpc) is 2.46. The monoisotopic (exact) mass is 277 g/mol. The van der Waals surface area contributed by atoms with Gasteiger partial charge in [0.2, 0.25) is 0 Å². The summed E-state index contributed by atoms with van der Waals surface area (Å²) in [5.41, 5.74) is 4.66. The highest BCUT2D eigenvalue weighted by atomic mass is 35.5. The molecule has 0 bridgehead atoms. The van der Waals surface area contributed by atoms with E-state index in [-0.39, 0.29) is 6.04 Å². The van der Waals surface area contributed by atoms with E-state index < -0.39 is 0 Å². The zero-order chi connectivity index (χ0) is 13.7. The molecule has 100 valence electrons. The molecule has 0 spiro atoms. The van der Waals surface area contributed by atoms with Gasteiger partial charge in [-0.05, 0) is 30.3 Å². The Morgan fingerprint density at radius 3 is 2.84 bits per heavy atom. The van der Waals surface area contributed by atoms with Gasteiger partial charge in [-0.25, -0.2) is 0 Å². The maximum Gasteiger partial charge on any atom is 0.123 e. The first-order valence-corrected chi connectivity index (χ1v) is 6.32. The molecular weight excluding hydrogens is 262 g/mol. The van der Waals surface area contributed by atoms with Gasteiger partial charge in [0.15, 0.2) is 0 Å². The van der Waals surface area contributed by atoms with Crippen molar-refractivity contribution in [2.75, 3.05) is 7.11 Å². The minimum Gasteiger partial charge on any atom is -0.496 e. The van der Waals surface area contributed by atoms with Crippen molar-refractivity contribution >= 4 is 11.6 Å². The van der Waals surface area contributed by atoms with E-state index in [0.29, 0.717) is 11.4 Å². The van der Waals surface area contributed by atoms with Gasteiger partial charge in [0, 0.05) is 28.9 Å². The number of nitrogens with two attached hydrogens (primary N) is 1. The second-order valence-corrected chi connectivity index (χ2v) is 4.57. The Bertz CT molecular complexity index is 533. The first-order valence-electron chi connectivity index (χ1n) is 5.94. The Labute approximate surface area is 117 Å². The fourth-order valence-electron chi connectivity index (χ4n) is 1.96. The minimum absolute atomic E-state index is 0.108. The van der Waals surface area contributed by atoms with Gasteiger partial charge in [0.05, 0.1) is 13.2 Å². The Balaban J connectivity index is 2.29. The van der Waals surface area contributed by atoms with Crippen molar-refractivity contribution in [2.24, 2.45) is 5.84 Å². The van der Waals surface area contributed by atoms with Crippen LogP contribution < -0.4 is 16.0 Å². The van der Waals surface area contributed by atoms with Crippen molar-refractivity contribution in [3.8, 4) is 5.75 Å². The molecule has 1 atom stereocenters. The first kappa shape index (κ1) is 13.8. The summed E-state index contributed by atoms with van der Waals surface area (Å²) >= 11 is 6.04.